The van der Waals surface area contributed by atoms with Gasteiger partial charge in [0, 0.05) is 36.1 Å². The van der Waals surface area contributed by atoms with Gasteiger partial charge in [0.2, 0.25) is 0 Å². The van der Waals surface area contributed by atoms with E-state index in [0.717, 1.165) is 12.1 Å². The number of nitrogens with two attached hydrogens (primary N) is 1. The fraction of sp³-hybridized carbons (Fsp3) is 0.154. The van der Waals surface area contributed by atoms with E-state index < -0.39 is 17.7 Å². The predicted molar refractivity (Wildman–Crippen MR) is 63.7 cm³/mol. The van der Waals surface area contributed by atoms with Crippen molar-refractivity contribution in [1.29, 1.82) is 0 Å². The minimum absolute atomic E-state index is 0.0159. The van der Waals surface area contributed by atoms with Crippen LogP contribution in [0.5, 0.6) is 0 Å². The van der Waals surface area contributed by atoms with Gasteiger partial charge in [-0.05, 0) is 17.7 Å². The number of pyridine rings is 1. The lowest BCUT2D eigenvalue weighted by Gasteiger charge is -2.13. The molecule has 2 rings (SSSR count). The minimum atomic E-state index is -0.973. The number of benzene rings is 1. The van der Waals surface area contributed by atoms with Crippen molar-refractivity contribution in [3.8, 4) is 0 Å². The molecule has 5 heteroatoms. The predicted octanol–water partition coefficient (Wildman–Crippen LogP) is 2.22. The number of nitrogens with zero attached hydrogens (tertiary/aromatic N) is 1. The molecule has 0 radical (unpaired) electrons. The van der Waals surface area contributed by atoms with Gasteiger partial charge in [-0.3, -0.25) is 4.98 Å². The second-order valence-electron chi connectivity index (χ2n) is 3.96. The summed E-state index contributed by atoms with van der Waals surface area (Å²) in [5.74, 6) is -1.33. The highest BCUT2D eigenvalue weighted by Gasteiger charge is 2.14. The number of rotatable bonds is 3. The van der Waals surface area contributed by atoms with Crippen molar-refractivity contribution in [1.82, 2.24) is 4.98 Å². The normalized spacial score (nSPS) is 12.4. The van der Waals surface area contributed by atoms with E-state index in [1.54, 1.807) is 6.07 Å². The molecule has 0 amide bonds. The summed E-state index contributed by atoms with van der Waals surface area (Å²) >= 11 is 0. The first-order chi connectivity index (χ1) is 8.58. The molecule has 0 saturated carbocycles. The fourth-order valence-corrected chi connectivity index (χ4v) is 1.70. The molecule has 1 aromatic carbocycles. The number of halogens is 2. The highest BCUT2D eigenvalue weighted by atomic mass is 19.1. The molecule has 0 aliphatic carbocycles. The van der Waals surface area contributed by atoms with Crippen molar-refractivity contribution in [2.45, 2.75) is 12.5 Å². The van der Waals surface area contributed by atoms with Gasteiger partial charge in [0.05, 0.1) is 6.10 Å². The molecule has 18 heavy (non-hydrogen) atoms. The minimum Gasteiger partial charge on any atom is -0.398 e. The molecule has 1 atom stereocenters. The Balaban J connectivity index is 2.21. The quantitative estimate of drug-likeness (QED) is 0.878. The van der Waals surface area contributed by atoms with Crippen LogP contribution in [-0.2, 0) is 6.42 Å². The highest BCUT2D eigenvalue weighted by Crippen LogP contribution is 2.23. The van der Waals surface area contributed by atoms with Crippen molar-refractivity contribution in [2.75, 3.05) is 5.73 Å². The topological polar surface area (TPSA) is 59.1 Å². The van der Waals surface area contributed by atoms with Gasteiger partial charge in [0.15, 0.2) is 0 Å². The Labute approximate surface area is 103 Å². The summed E-state index contributed by atoms with van der Waals surface area (Å²) in [4.78, 5) is 3.85. The van der Waals surface area contributed by atoms with E-state index in [-0.39, 0.29) is 12.0 Å². The summed E-state index contributed by atoms with van der Waals surface area (Å²) < 4.78 is 26.2. The average molecular weight is 250 g/mol. The SMILES string of the molecule is Nc1ccncc1C(O)Cc1ccc(F)cc1F. The first-order valence-electron chi connectivity index (χ1n) is 5.39. The molecule has 1 aromatic heterocycles. The van der Waals surface area contributed by atoms with Crippen LogP contribution < -0.4 is 5.73 Å². The molecular weight excluding hydrogens is 238 g/mol. The molecule has 1 unspecified atom stereocenters. The van der Waals surface area contributed by atoms with Crippen LogP contribution in [-0.4, -0.2) is 10.1 Å². The Morgan fingerprint density at radius 1 is 1.28 bits per heavy atom. The third-order valence-corrected chi connectivity index (χ3v) is 2.67. The van der Waals surface area contributed by atoms with Crippen LogP contribution in [0.25, 0.3) is 0 Å². The van der Waals surface area contributed by atoms with E-state index in [1.165, 1.54) is 18.5 Å². The van der Waals surface area contributed by atoms with E-state index in [4.69, 9.17) is 5.73 Å². The Morgan fingerprint density at radius 2 is 2.06 bits per heavy atom. The van der Waals surface area contributed by atoms with Gasteiger partial charge in [0.1, 0.15) is 11.6 Å². The standard InChI is InChI=1S/C13H12F2N2O/c14-9-2-1-8(11(15)6-9)5-13(18)10-7-17-4-3-12(10)16/h1-4,6-7,13,18H,5H2,(H2,16,17). The Kier molecular flexibility index (Phi) is 3.53. The maximum absolute atomic E-state index is 13.4. The fourth-order valence-electron chi connectivity index (χ4n) is 1.70. The Bertz CT molecular complexity index is 560. The number of hydrogen-bond acceptors (Lipinski definition) is 3. The third-order valence-electron chi connectivity index (χ3n) is 2.67. The second-order valence-corrected chi connectivity index (χ2v) is 3.96. The summed E-state index contributed by atoms with van der Waals surface area (Å²) in [7, 11) is 0. The zero-order valence-corrected chi connectivity index (χ0v) is 9.48. The molecule has 2 aromatic rings. The third kappa shape index (κ3) is 2.62. The lowest BCUT2D eigenvalue weighted by atomic mass is 10.0. The molecule has 0 bridgehead atoms. The molecule has 94 valence electrons. The largest absolute Gasteiger partial charge is 0.398 e. The van der Waals surface area contributed by atoms with Gasteiger partial charge in [0.25, 0.3) is 0 Å². The van der Waals surface area contributed by atoms with Crippen LogP contribution in [0.15, 0.2) is 36.7 Å². The van der Waals surface area contributed by atoms with Crippen molar-refractivity contribution in [3.63, 3.8) is 0 Å². The van der Waals surface area contributed by atoms with Gasteiger partial charge in [-0.15, -0.1) is 0 Å². The summed E-state index contributed by atoms with van der Waals surface area (Å²) in [6, 6.07) is 4.80. The average Bonchev–Trinajstić information content (AvgIpc) is 2.33. The van der Waals surface area contributed by atoms with Crippen LogP contribution in [0.3, 0.4) is 0 Å². The van der Waals surface area contributed by atoms with Gasteiger partial charge in [-0.25, -0.2) is 8.78 Å². The van der Waals surface area contributed by atoms with Crippen LogP contribution >= 0.6 is 0 Å². The van der Waals surface area contributed by atoms with E-state index in [2.05, 4.69) is 4.98 Å². The molecule has 0 fully saturated rings. The first-order valence-corrected chi connectivity index (χ1v) is 5.39. The molecule has 0 spiro atoms. The summed E-state index contributed by atoms with van der Waals surface area (Å²) in [6.45, 7) is 0. The van der Waals surface area contributed by atoms with Gasteiger partial charge in [-0.1, -0.05) is 6.07 Å². The van der Waals surface area contributed by atoms with E-state index in [1.807, 2.05) is 0 Å². The number of aliphatic hydroxyl groups excluding tert-OH is 1. The summed E-state index contributed by atoms with van der Waals surface area (Å²) in [5.41, 5.74) is 6.73. The number of aliphatic hydroxyl groups is 1. The van der Waals surface area contributed by atoms with E-state index in [9.17, 15) is 13.9 Å². The monoisotopic (exact) mass is 250 g/mol. The number of anilines is 1. The summed E-state index contributed by atoms with van der Waals surface area (Å²) in [5, 5.41) is 9.97. The zero-order valence-electron chi connectivity index (χ0n) is 9.48. The van der Waals surface area contributed by atoms with E-state index >= 15 is 0 Å². The Hall–Kier alpha value is -2.01. The van der Waals surface area contributed by atoms with Crippen molar-refractivity contribution < 1.29 is 13.9 Å². The number of hydrogen-bond donors (Lipinski definition) is 2. The lowest BCUT2D eigenvalue weighted by molar-refractivity contribution is 0.177. The van der Waals surface area contributed by atoms with Crippen molar-refractivity contribution >= 4 is 5.69 Å². The van der Waals surface area contributed by atoms with Crippen molar-refractivity contribution in [3.05, 3.63) is 59.4 Å². The highest BCUT2D eigenvalue weighted by molar-refractivity contribution is 5.46. The maximum Gasteiger partial charge on any atom is 0.129 e. The smallest absolute Gasteiger partial charge is 0.129 e. The van der Waals surface area contributed by atoms with Crippen LogP contribution in [0.2, 0.25) is 0 Å². The second kappa shape index (κ2) is 5.10. The van der Waals surface area contributed by atoms with Crippen molar-refractivity contribution in [2.24, 2.45) is 0 Å². The number of nitrogen functional groups attached to an aromatic ring is 1. The molecule has 0 aliphatic heterocycles. The van der Waals surface area contributed by atoms with E-state index in [0.29, 0.717) is 11.3 Å². The Morgan fingerprint density at radius 3 is 2.72 bits per heavy atom. The molecule has 1 heterocycles. The van der Waals surface area contributed by atoms with Gasteiger partial charge >= 0.3 is 0 Å². The molecule has 3 N–H and O–H groups in total. The maximum atomic E-state index is 13.4. The molecule has 0 aliphatic rings. The van der Waals surface area contributed by atoms with Crippen LogP contribution in [0.1, 0.15) is 17.2 Å². The molecule has 0 saturated heterocycles. The summed E-state index contributed by atoms with van der Waals surface area (Å²) in [6.07, 6.45) is 1.98. The molecular formula is C13H12F2N2O. The number of aromatic nitrogens is 1. The van der Waals surface area contributed by atoms with Gasteiger partial charge < -0.3 is 10.8 Å². The van der Waals surface area contributed by atoms with Gasteiger partial charge in [-0.2, -0.15) is 0 Å². The molecule has 3 nitrogen and oxygen atoms in total. The van der Waals surface area contributed by atoms with Crippen LogP contribution in [0, 0.1) is 11.6 Å². The first kappa shape index (κ1) is 12.4. The lowest BCUT2D eigenvalue weighted by Crippen LogP contribution is -2.07. The van der Waals surface area contributed by atoms with Crippen LogP contribution in [0.4, 0.5) is 14.5 Å². The zero-order chi connectivity index (χ0) is 13.1.